The Kier molecular flexibility index (Phi) is 9.57. The minimum Gasteiger partial charge on any atom is -0.309 e. The van der Waals surface area contributed by atoms with Gasteiger partial charge in [-0.2, -0.15) is 0 Å². The maximum atomic E-state index is 5.43. The molecule has 0 aliphatic carbocycles. The third kappa shape index (κ3) is 6.36. The third-order valence-electron chi connectivity index (χ3n) is 22.1. The van der Waals surface area contributed by atoms with Gasteiger partial charge in [-0.3, -0.25) is 9.13 Å². The van der Waals surface area contributed by atoms with Crippen LogP contribution in [0.4, 0.5) is 0 Å². The molecule has 0 radical (unpaired) electrons. The summed E-state index contributed by atoms with van der Waals surface area (Å²) in [6.45, 7) is 0. The number of rotatable bonds is 5. The van der Waals surface area contributed by atoms with Crippen LogP contribution in [0.3, 0.4) is 0 Å². The Balaban J connectivity index is 0.662. The van der Waals surface area contributed by atoms with Crippen LogP contribution < -0.4 is 0 Å². The van der Waals surface area contributed by atoms with Crippen LogP contribution in [0.2, 0.25) is 0 Å². The highest BCUT2D eigenvalue weighted by atomic mass is 15.1. The van der Waals surface area contributed by atoms with Crippen LogP contribution in [0.5, 0.6) is 0 Å². The summed E-state index contributed by atoms with van der Waals surface area (Å²) >= 11 is 0. The second kappa shape index (κ2) is 18.3. The van der Waals surface area contributed by atoms with Gasteiger partial charge in [0.05, 0.1) is 66.2 Å². The van der Waals surface area contributed by atoms with Gasteiger partial charge in [0.15, 0.2) is 0 Å². The Bertz CT molecular complexity index is 7620. The van der Waals surface area contributed by atoms with Crippen molar-refractivity contribution in [2.45, 2.75) is 0 Å². The van der Waals surface area contributed by atoms with E-state index in [1.807, 2.05) is 12.3 Å². The summed E-state index contributed by atoms with van der Waals surface area (Å²) in [5.41, 5.74) is 22.8. The molecule has 0 saturated heterocycles. The average Bonchev–Trinajstić information content (AvgIpc) is 1.52. The van der Waals surface area contributed by atoms with Crippen molar-refractivity contribution in [2.75, 3.05) is 0 Å². The second-order valence-corrected chi connectivity index (χ2v) is 26.8. The summed E-state index contributed by atoms with van der Waals surface area (Å²) in [5.74, 6) is 0. The first-order chi connectivity index (χ1) is 48.7. The van der Waals surface area contributed by atoms with Crippen molar-refractivity contribution in [2.24, 2.45) is 0 Å². The Hall–Kier alpha value is -13.3. The molecule has 0 fully saturated rings. The molecule has 0 saturated carbocycles. The largest absolute Gasteiger partial charge is 0.309 e. The normalized spacial score (nSPS) is 12.7. The van der Waals surface area contributed by atoms with E-state index < -0.39 is 0 Å². The topological polar surface area (TPSA) is 54.3 Å². The van der Waals surface area contributed by atoms with E-state index >= 15 is 0 Å². The highest BCUT2D eigenvalue weighted by molar-refractivity contribution is 6.41. The molecule has 98 heavy (non-hydrogen) atoms. The number of hydrogen-bond donors (Lipinski definition) is 0. The van der Waals surface area contributed by atoms with Gasteiger partial charge in [-0.1, -0.05) is 164 Å². The van der Waals surface area contributed by atoms with Crippen molar-refractivity contribution in [1.29, 1.82) is 0 Å². The number of hydrogen-bond acceptors (Lipinski definition) is 2. The Morgan fingerprint density at radius 1 is 0.204 bits per heavy atom. The van der Waals surface area contributed by atoms with Crippen LogP contribution >= 0.6 is 0 Å². The third-order valence-corrected chi connectivity index (χ3v) is 22.1. The molecule has 10 heterocycles. The number of benzene rings is 14. The Labute approximate surface area is 556 Å². The molecule has 24 rings (SSSR count). The van der Waals surface area contributed by atoms with Crippen molar-refractivity contribution in [3.63, 3.8) is 0 Å². The number of pyridine rings is 2. The minimum absolute atomic E-state index is 0.923. The van der Waals surface area contributed by atoms with Crippen molar-refractivity contribution >= 4 is 185 Å². The lowest BCUT2D eigenvalue weighted by Gasteiger charge is -2.12. The van der Waals surface area contributed by atoms with Crippen LogP contribution in [-0.4, -0.2) is 37.0 Å². The molecule has 0 unspecified atom stereocenters. The van der Waals surface area contributed by atoms with Crippen LogP contribution in [-0.2, 0) is 0 Å². The summed E-state index contributed by atoms with van der Waals surface area (Å²) in [4.78, 5) is 10.4. The molecule has 8 nitrogen and oxygen atoms in total. The lowest BCUT2D eigenvalue weighted by atomic mass is 9.96. The second-order valence-electron chi connectivity index (χ2n) is 26.8. The molecule has 10 aromatic heterocycles. The molecule has 0 N–H and O–H groups in total. The first kappa shape index (κ1) is 51.2. The van der Waals surface area contributed by atoms with E-state index in [9.17, 15) is 0 Å². The summed E-state index contributed by atoms with van der Waals surface area (Å²) in [6, 6.07) is 108. The smallest absolute Gasteiger partial charge is 0.145 e. The molecule has 0 spiro atoms. The molecular weight excluding hydrogens is 1190 g/mol. The van der Waals surface area contributed by atoms with Gasteiger partial charge in [-0.05, 0) is 155 Å². The molecular formula is C90H50N8. The summed E-state index contributed by atoms with van der Waals surface area (Å²) in [5, 5.41) is 24.7. The zero-order chi connectivity index (χ0) is 63.3. The van der Waals surface area contributed by atoms with Crippen molar-refractivity contribution in [3.05, 3.63) is 304 Å². The van der Waals surface area contributed by atoms with E-state index in [2.05, 4.69) is 318 Å². The van der Waals surface area contributed by atoms with Gasteiger partial charge in [0.2, 0.25) is 0 Å². The first-order valence-corrected chi connectivity index (χ1v) is 33.7. The standard InChI is InChI=1S/C90H50N8/c1-2-20-59-51(17-1)35-42-77-81(59)85-83-66-25-7-13-32-75(66)93(79(83)48-68-62-22-4-11-30-73(62)97(77)87(68)85)55-37-39-56(40-38-55)95-72-29-10-6-24-64(72)70-46-54(50-92-90(70)95)52-34-41-60-53(45-52)36-43-78-82(60)86-84-67-26-8-14-33-76(67)94(80(84)49-69-63-23-5-12-31-74(63)98(78)88(69)86)57-18-15-19-58(47-57)96-71-28-9-3-21-61(71)65-27-16-44-91-89(65)96/h1-50H. The molecule has 8 heteroatoms. The number of aromatic nitrogens is 8. The molecule has 450 valence electrons. The predicted molar refractivity (Wildman–Crippen MR) is 409 cm³/mol. The van der Waals surface area contributed by atoms with Gasteiger partial charge in [0.1, 0.15) is 11.3 Å². The van der Waals surface area contributed by atoms with Crippen molar-refractivity contribution < 1.29 is 0 Å². The highest BCUT2D eigenvalue weighted by Gasteiger charge is 2.29. The fourth-order valence-corrected chi connectivity index (χ4v) is 18.2. The fraction of sp³-hybridized carbons (Fsp3) is 0. The van der Waals surface area contributed by atoms with E-state index in [1.165, 1.54) is 141 Å². The van der Waals surface area contributed by atoms with Gasteiger partial charge in [0, 0.05) is 127 Å². The van der Waals surface area contributed by atoms with E-state index in [1.54, 1.807) is 0 Å². The molecule has 0 bridgehead atoms. The molecule has 14 aromatic carbocycles. The fourth-order valence-electron chi connectivity index (χ4n) is 18.2. The zero-order valence-electron chi connectivity index (χ0n) is 52.4. The van der Waals surface area contributed by atoms with Crippen LogP contribution in [0.25, 0.3) is 219 Å². The predicted octanol–water partition coefficient (Wildman–Crippen LogP) is 23.1. The molecule has 24 aromatic rings. The van der Waals surface area contributed by atoms with Gasteiger partial charge in [-0.25, -0.2) is 9.97 Å². The average molecular weight is 1240 g/mol. The zero-order valence-corrected chi connectivity index (χ0v) is 52.4. The summed E-state index contributed by atoms with van der Waals surface area (Å²) in [7, 11) is 0. The van der Waals surface area contributed by atoms with Crippen molar-refractivity contribution in [1.82, 2.24) is 37.0 Å². The Morgan fingerprint density at radius 3 is 1.26 bits per heavy atom. The maximum Gasteiger partial charge on any atom is 0.145 e. The lowest BCUT2D eigenvalue weighted by Crippen LogP contribution is -1.99. The first-order valence-electron chi connectivity index (χ1n) is 33.7. The van der Waals surface area contributed by atoms with Crippen LogP contribution in [0.1, 0.15) is 0 Å². The van der Waals surface area contributed by atoms with Gasteiger partial charge < -0.3 is 17.9 Å². The maximum absolute atomic E-state index is 5.43. The monoisotopic (exact) mass is 1240 g/mol. The Morgan fingerprint density at radius 2 is 0.643 bits per heavy atom. The van der Waals surface area contributed by atoms with E-state index in [0.717, 1.165) is 77.9 Å². The quantitative estimate of drug-likeness (QED) is 0.172. The van der Waals surface area contributed by atoms with Crippen LogP contribution in [0, 0.1) is 0 Å². The SMILES string of the molecule is c1cc(-n2c3ccccc3c3c4c5c6ccc(-c7cnc8c(c7)c7ccccc7n8-c7ccc(-n8c9ccccc9c9c%10c%11c%12ccccc%12ccc%11n%11c%12ccccc%12c(cc98)c%10%11)cc7)cc6ccc5n5c6ccccc6c(cc32)c45)cc(-n2c3ccccc3c3cccnc32)c1. The highest BCUT2D eigenvalue weighted by Crippen LogP contribution is 2.51. The number of para-hydroxylation sites is 6. The van der Waals surface area contributed by atoms with Gasteiger partial charge in [0.25, 0.3) is 0 Å². The lowest BCUT2D eigenvalue weighted by molar-refractivity contribution is 1.11. The number of nitrogens with zero attached hydrogens (tertiary/aromatic N) is 8. The van der Waals surface area contributed by atoms with E-state index in [-0.39, 0.29) is 0 Å². The van der Waals surface area contributed by atoms with Crippen molar-refractivity contribution in [3.8, 4) is 33.9 Å². The van der Waals surface area contributed by atoms with E-state index in [0.29, 0.717) is 0 Å². The summed E-state index contributed by atoms with van der Waals surface area (Å²) in [6.07, 6.45) is 3.97. The molecule has 0 aliphatic heterocycles. The minimum atomic E-state index is 0.923. The summed E-state index contributed by atoms with van der Waals surface area (Å²) < 4.78 is 14.7. The van der Waals surface area contributed by atoms with Crippen LogP contribution in [0.15, 0.2) is 304 Å². The number of fused-ring (bicyclic) bond motifs is 30. The van der Waals surface area contributed by atoms with Gasteiger partial charge >= 0.3 is 0 Å². The van der Waals surface area contributed by atoms with Gasteiger partial charge in [-0.15, -0.1) is 0 Å². The molecule has 0 amide bonds. The molecule has 0 atom stereocenters. The van der Waals surface area contributed by atoms with E-state index in [4.69, 9.17) is 9.97 Å². The molecule has 0 aliphatic rings.